The lowest BCUT2D eigenvalue weighted by molar-refractivity contribution is -0.146. The summed E-state index contributed by atoms with van der Waals surface area (Å²) in [6.45, 7) is 6.97. The Balaban J connectivity index is 2.08. The fourth-order valence-electron chi connectivity index (χ4n) is 3.65. The zero-order valence-corrected chi connectivity index (χ0v) is 17.7. The van der Waals surface area contributed by atoms with Crippen molar-refractivity contribution in [2.24, 2.45) is 11.3 Å². The van der Waals surface area contributed by atoms with Gasteiger partial charge in [-0.15, -0.1) is 0 Å². The predicted octanol–water partition coefficient (Wildman–Crippen LogP) is 0.270. The van der Waals surface area contributed by atoms with Crippen LogP contribution in [0.2, 0.25) is 0 Å². The first-order chi connectivity index (χ1) is 13.6. The molecule has 2 rings (SSSR count). The summed E-state index contributed by atoms with van der Waals surface area (Å²) in [6.07, 6.45) is 2.02. The van der Waals surface area contributed by atoms with Gasteiger partial charge in [-0.3, -0.25) is 14.4 Å². The molecule has 3 N–H and O–H groups in total. The van der Waals surface area contributed by atoms with Crippen molar-refractivity contribution in [3.05, 3.63) is 0 Å². The van der Waals surface area contributed by atoms with Crippen LogP contribution in [0.25, 0.3) is 0 Å². The van der Waals surface area contributed by atoms with Crippen LogP contribution in [-0.2, 0) is 28.7 Å². The summed E-state index contributed by atoms with van der Waals surface area (Å²) in [4.78, 5) is 49.5. The molecule has 2 saturated heterocycles. The molecule has 2 aliphatic rings. The molecular formula is C20H33N3O6. The molecule has 0 saturated carbocycles. The number of rotatable bonds is 8. The maximum atomic E-state index is 13.0. The average molecular weight is 411 g/mol. The van der Waals surface area contributed by atoms with E-state index in [1.807, 2.05) is 20.8 Å². The molecule has 4 atom stereocenters. The Morgan fingerprint density at radius 2 is 1.93 bits per heavy atom. The number of hydrogen-bond acceptors (Lipinski definition) is 6. The van der Waals surface area contributed by atoms with Gasteiger partial charge in [0.1, 0.15) is 18.2 Å². The van der Waals surface area contributed by atoms with Crippen LogP contribution in [0.4, 0.5) is 0 Å². The SMILES string of the molecule is COC(=O)[C@H](CC1CCNC1=O)NC(=O)[C@H](CC(C)(C)C)NC(=O)[C@H]1CCCO1. The van der Waals surface area contributed by atoms with Crippen LogP contribution in [0, 0.1) is 11.3 Å². The molecule has 2 heterocycles. The molecule has 0 aromatic carbocycles. The first kappa shape index (κ1) is 23.1. The molecule has 0 aromatic rings. The third-order valence-electron chi connectivity index (χ3n) is 5.16. The van der Waals surface area contributed by atoms with E-state index in [4.69, 9.17) is 9.47 Å². The highest BCUT2D eigenvalue weighted by molar-refractivity contribution is 5.92. The maximum absolute atomic E-state index is 13.0. The summed E-state index contributed by atoms with van der Waals surface area (Å²) in [5, 5.41) is 8.18. The number of ether oxygens (including phenoxy) is 2. The second-order valence-electron chi connectivity index (χ2n) is 8.92. The van der Waals surface area contributed by atoms with Crippen molar-refractivity contribution in [3.8, 4) is 0 Å². The first-order valence-electron chi connectivity index (χ1n) is 10.2. The van der Waals surface area contributed by atoms with Gasteiger partial charge in [0, 0.05) is 19.1 Å². The zero-order chi connectivity index (χ0) is 21.6. The van der Waals surface area contributed by atoms with Crippen molar-refractivity contribution in [1.29, 1.82) is 0 Å². The lowest BCUT2D eigenvalue weighted by atomic mass is 9.87. The van der Waals surface area contributed by atoms with E-state index < -0.39 is 30.1 Å². The Hall–Kier alpha value is -2.16. The highest BCUT2D eigenvalue weighted by Crippen LogP contribution is 2.22. The third-order valence-corrected chi connectivity index (χ3v) is 5.16. The van der Waals surface area contributed by atoms with Crippen LogP contribution in [0.3, 0.4) is 0 Å². The van der Waals surface area contributed by atoms with Crippen LogP contribution < -0.4 is 16.0 Å². The Kier molecular flexibility index (Phi) is 8.01. The first-order valence-corrected chi connectivity index (χ1v) is 10.2. The molecule has 1 unspecified atom stereocenters. The van der Waals surface area contributed by atoms with Crippen LogP contribution in [0.5, 0.6) is 0 Å². The van der Waals surface area contributed by atoms with Gasteiger partial charge in [-0.05, 0) is 37.5 Å². The largest absolute Gasteiger partial charge is 0.467 e. The minimum atomic E-state index is -0.955. The van der Waals surface area contributed by atoms with Crippen LogP contribution in [-0.4, -0.2) is 62.1 Å². The number of hydrogen-bond donors (Lipinski definition) is 3. The molecule has 164 valence electrons. The second-order valence-corrected chi connectivity index (χ2v) is 8.92. The smallest absolute Gasteiger partial charge is 0.328 e. The van der Waals surface area contributed by atoms with E-state index >= 15 is 0 Å². The monoisotopic (exact) mass is 411 g/mol. The number of amides is 3. The minimum Gasteiger partial charge on any atom is -0.467 e. The van der Waals surface area contributed by atoms with E-state index in [1.165, 1.54) is 7.11 Å². The van der Waals surface area contributed by atoms with E-state index in [1.54, 1.807) is 0 Å². The normalized spacial score (nSPS) is 23.8. The van der Waals surface area contributed by atoms with Gasteiger partial charge in [0.05, 0.1) is 7.11 Å². The van der Waals surface area contributed by atoms with Crippen molar-refractivity contribution in [3.63, 3.8) is 0 Å². The van der Waals surface area contributed by atoms with Gasteiger partial charge in [-0.1, -0.05) is 20.8 Å². The van der Waals surface area contributed by atoms with Gasteiger partial charge in [0.2, 0.25) is 17.7 Å². The minimum absolute atomic E-state index is 0.133. The van der Waals surface area contributed by atoms with Gasteiger partial charge < -0.3 is 25.4 Å². The summed E-state index contributed by atoms with van der Waals surface area (Å²) in [5.41, 5.74) is -0.238. The van der Waals surface area contributed by atoms with E-state index in [0.717, 1.165) is 6.42 Å². The molecule has 2 aliphatic heterocycles. The molecule has 9 heteroatoms. The summed E-state index contributed by atoms with van der Waals surface area (Å²) in [6, 6.07) is -1.78. The van der Waals surface area contributed by atoms with E-state index in [2.05, 4.69) is 16.0 Å². The number of nitrogens with one attached hydrogen (secondary N) is 3. The van der Waals surface area contributed by atoms with Crippen molar-refractivity contribution in [1.82, 2.24) is 16.0 Å². The molecule has 0 bridgehead atoms. The van der Waals surface area contributed by atoms with Crippen LogP contribution in [0.15, 0.2) is 0 Å². The average Bonchev–Trinajstić information content (AvgIpc) is 3.31. The Bertz CT molecular complexity index is 624. The van der Waals surface area contributed by atoms with Crippen LogP contribution in [0.1, 0.15) is 52.9 Å². The van der Waals surface area contributed by atoms with Gasteiger partial charge in [-0.25, -0.2) is 4.79 Å². The number of carbonyl (C=O) groups excluding carboxylic acids is 4. The lowest BCUT2D eigenvalue weighted by Gasteiger charge is -2.28. The lowest BCUT2D eigenvalue weighted by Crippen LogP contribution is -2.54. The topological polar surface area (TPSA) is 123 Å². The number of esters is 1. The van der Waals surface area contributed by atoms with Crippen molar-refractivity contribution in [2.45, 2.75) is 71.1 Å². The summed E-state index contributed by atoms with van der Waals surface area (Å²) >= 11 is 0. The third kappa shape index (κ3) is 6.99. The van der Waals surface area contributed by atoms with E-state index in [-0.39, 0.29) is 29.6 Å². The van der Waals surface area contributed by atoms with Gasteiger partial charge >= 0.3 is 5.97 Å². The van der Waals surface area contributed by atoms with Crippen molar-refractivity contribution < 1.29 is 28.7 Å². The van der Waals surface area contributed by atoms with Crippen LogP contribution >= 0.6 is 0 Å². The molecule has 3 amide bonds. The molecule has 0 spiro atoms. The number of methoxy groups -OCH3 is 1. The van der Waals surface area contributed by atoms with E-state index in [0.29, 0.717) is 32.4 Å². The quantitative estimate of drug-likeness (QED) is 0.493. The highest BCUT2D eigenvalue weighted by atomic mass is 16.5. The summed E-state index contributed by atoms with van der Waals surface area (Å²) < 4.78 is 10.2. The molecule has 0 aromatic heterocycles. The molecule has 9 nitrogen and oxygen atoms in total. The Morgan fingerprint density at radius 3 is 2.45 bits per heavy atom. The van der Waals surface area contributed by atoms with Gasteiger partial charge in [0.25, 0.3) is 0 Å². The van der Waals surface area contributed by atoms with Gasteiger partial charge in [-0.2, -0.15) is 0 Å². The highest BCUT2D eigenvalue weighted by Gasteiger charge is 2.35. The molecule has 0 aliphatic carbocycles. The Labute approximate surface area is 171 Å². The molecule has 0 radical (unpaired) electrons. The second kappa shape index (κ2) is 10.0. The molecule has 29 heavy (non-hydrogen) atoms. The summed E-state index contributed by atoms with van der Waals surface area (Å²) in [7, 11) is 1.24. The maximum Gasteiger partial charge on any atom is 0.328 e. The van der Waals surface area contributed by atoms with Crippen molar-refractivity contribution >= 4 is 23.7 Å². The van der Waals surface area contributed by atoms with Gasteiger partial charge in [0.15, 0.2) is 0 Å². The number of carbonyl (C=O) groups is 4. The fraction of sp³-hybridized carbons (Fsp3) is 0.800. The van der Waals surface area contributed by atoms with Crippen molar-refractivity contribution in [2.75, 3.05) is 20.3 Å². The predicted molar refractivity (Wildman–Crippen MR) is 105 cm³/mol. The standard InChI is InChI=1S/C20H33N3O6/c1-20(2,3)11-14(23-18(26)15-6-5-9-29-15)17(25)22-13(19(27)28-4)10-12-7-8-21-16(12)24/h12-15H,5-11H2,1-4H3,(H,21,24)(H,22,25)(H,23,26)/t12?,13-,14-,15+/m0/s1. The van der Waals surface area contributed by atoms with E-state index in [9.17, 15) is 19.2 Å². The fourth-order valence-corrected chi connectivity index (χ4v) is 3.65. The summed E-state index contributed by atoms with van der Waals surface area (Å²) in [5.74, 6) is -1.90. The Morgan fingerprint density at radius 1 is 1.21 bits per heavy atom. The molecular weight excluding hydrogens is 378 g/mol. The zero-order valence-electron chi connectivity index (χ0n) is 17.7. The molecule has 2 fully saturated rings.